The van der Waals surface area contributed by atoms with E-state index >= 15 is 0 Å². The number of carbonyl (C=O) groups is 1. The van der Waals surface area contributed by atoms with Crippen molar-refractivity contribution in [3.05, 3.63) is 28.8 Å². The van der Waals surface area contributed by atoms with Crippen molar-refractivity contribution >= 4 is 22.7 Å². The molecule has 3 rings (SSSR count). The Hall–Kier alpha value is -2.64. The molecule has 1 aliphatic heterocycles. The van der Waals surface area contributed by atoms with Gasteiger partial charge in [-0.1, -0.05) is 0 Å². The van der Waals surface area contributed by atoms with Crippen molar-refractivity contribution in [3.63, 3.8) is 0 Å². The first-order chi connectivity index (χ1) is 11.8. The van der Waals surface area contributed by atoms with Gasteiger partial charge in [0.15, 0.2) is 5.82 Å². The summed E-state index contributed by atoms with van der Waals surface area (Å²) < 4.78 is 5.45. The Morgan fingerprint density at radius 2 is 2.20 bits per heavy atom. The molecule has 1 atom stereocenters. The third-order valence-electron chi connectivity index (χ3n) is 4.00. The van der Waals surface area contributed by atoms with Gasteiger partial charge in [0.25, 0.3) is 5.56 Å². The van der Waals surface area contributed by atoms with Crippen LogP contribution in [0.5, 0.6) is 0 Å². The highest BCUT2D eigenvalue weighted by atomic mass is 16.6. The first kappa shape index (κ1) is 17.2. The van der Waals surface area contributed by atoms with E-state index in [1.54, 1.807) is 23.4 Å². The van der Waals surface area contributed by atoms with Gasteiger partial charge in [0.2, 0.25) is 0 Å². The number of nitrogens with one attached hydrogen (secondary N) is 2. The monoisotopic (exact) mass is 345 g/mol. The van der Waals surface area contributed by atoms with E-state index in [0.717, 1.165) is 12.8 Å². The van der Waals surface area contributed by atoms with Crippen molar-refractivity contribution in [1.29, 1.82) is 0 Å². The molecule has 1 aliphatic rings. The standard InChI is InChI=1S/C17H23N5O3/c1-17(2,3)25-16(24)22-8-4-5-11(10-22)19-14-13-9-18-7-6-12(13)15(23)21-20-14/h6-7,9,11H,4-5,8,10H2,1-3H3,(H,19,20)(H,21,23). The van der Waals surface area contributed by atoms with Crippen LogP contribution in [-0.2, 0) is 4.74 Å². The molecule has 2 aromatic heterocycles. The van der Waals surface area contributed by atoms with Crippen molar-refractivity contribution in [2.45, 2.75) is 45.3 Å². The van der Waals surface area contributed by atoms with Crippen molar-refractivity contribution < 1.29 is 9.53 Å². The van der Waals surface area contributed by atoms with E-state index in [4.69, 9.17) is 4.74 Å². The van der Waals surface area contributed by atoms with Crippen molar-refractivity contribution in [2.75, 3.05) is 18.4 Å². The Labute approximate surface area is 145 Å². The molecule has 0 saturated carbocycles. The lowest BCUT2D eigenvalue weighted by molar-refractivity contribution is 0.0206. The van der Waals surface area contributed by atoms with E-state index in [-0.39, 0.29) is 17.7 Å². The Bertz CT molecular complexity index is 827. The fourth-order valence-corrected chi connectivity index (χ4v) is 2.90. The molecule has 134 valence electrons. The van der Waals surface area contributed by atoms with Gasteiger partial charge in [-0.05, 0) is 39.7 Å². The third kappa shape index (κ3) is 4.07. The van der Waals surface area contributed by atoms with Gasteiger partial charge in [0.05, 0.1) is 5.39 Å². The molecule has 1 saturated heterocycles. The number of aromatic amines is 1. The summed E-state index contributed by atoms with van der Waals surface area (Å²) in [5.41, 5.74) is -0.762. The maximum absolute atomic E-state index is 12.3. The van der Waals surface area contributed by atoms with Crippen LogP contribution in [0, 0.1) is 0 Å². The van der Waals surface area contributed by atoms with Gasteiger partial charge in [-0.25, -0.2) is 9.89 Å². The van der Waals surface area contributed by atoms with Gasteiger partial charge in [-0.15, -0.1) is 0 Å². The number of hydrogen-bond acceptors (Lipinski definition) is 6. The third-order valence-corrected chi connectivity index (χ3v) is 4.00. The molecule has 0 bridgehead atoms. The highest BCUT2D eigenvalue weighted by Gasteiger charge is 2.28. The number of likely N-dealkylation sites (tertiary alicyclic amines) is 1. The minimum Gasteiger partial charge on any atom is -0.444 e. The summed E-state index contributed by atoms with van der Waals surface area (Å²) >= 11 is 0. The van der Waals surface area contributed by atoms with Crippen LogP contribution in [-0.4, -0.2) is 50.9 Å². The number of hydrogen-bond donors (Lipinski definition) is 2. The molecule has 0 radical (unpaired) electrons. The van der Waals surface area contributed by atoms with Crippen molar-refractivity contribution in [1.82, 2.24) is 20.1 Å². The highest BCUT2D eigenvalue weighted by Crippen LogP contribution is 2.21. The van der Waals surface area contributed by atoms with Crippen LogP contribution in [0.2, 0.25) is 0 Å². The van der Waals surface area contributed by atoms with E-state index in [9.17, 15) is 9.59 Å². The SMILES string of the molecule is CC(C)(C)OC(=O)N1CCCC(Nc2n[nH]c(=O)c3ccncc23)C1. The summed E-state index contributed by atoms with van der Waals surface area (Å²) in [5, 5.41) is 11.1. The van der Waals surface area contributed by atoms with Crippen LogP contribution in [0.3, 0.4) is 0 Å². The quantitative estimate of drug-likeness (QED) is 0.865. The molecule has 2 N–H and O–H groups in total. The van der Waals surface area contributed by atoms with Crippen LogP contribution in [0.15, 0.2) is 23.3 Å². The Kier molecular flexibility index (Phi) is 4.61. The van der Waals surface area contributed by atoms with Gasteiger partial charge in [-0.2, -0.15) is 5.10 Å². The first-order valence-corrected chi connectivity index (χ1v) is 8.40. The van der Waals surface area contributed by atoms with E-state index in [1.807, 2.05) is 20.8 Å². The van der Waals surface area contributed by atoms with Gasteiger partial charge in [0.1, 0.15) is 5.60 Å². The van der Waals surface area contributed by atoms with Crippen LogP contribution < -0.4 is 10.9 Å². The van der Waals surface area contributed by atoms with Crippen molar-refractivity contribution in [2.24, 2.45) is 0 Å². The highest BCUT2D eigenvalue weighted by molar-refractivity contribution is 5.90. The molecule has 0 aromatic carbocycles. The van der Waals surface area contributed by atoms with Crippen LogP contribution in [0.25, 0.3) is 10.8 Å². The van der Waals surface area contributed by atoms with Crippen LogP contribution >= 0.6 is 0 Å². The zero-order valence-electron chi connectivity index (χ0n) is 14.7. The van der Waals surface area contributed by atoms with Gasteiger partial charge >= 0.3 is 6.09 Å². The van der Waals surface area contributed by atoms with Gasteiger partial charge in [0, 0.05) is 36.9 Å². The fourth-order valence-electron chi connectivity index (χ4n) is 2.90. The Morgan fingerprint density at radius 1 is 1.40 bits per heavy atom. The van der Waals surface area contributed by atoms with E-state index < -0.39 is 5.60 Å². The number of anilines is 1. The summed E-state index contributed by atoms with van der Waals surface area (Å²) in [6, 6.07) is 1.69. The summed E-state index contributed by atoms with van der Waals surface area (Å²) in [6.45, 7) is 6.77. The minimum atomic E-state index is -0.514. The molecule has 1 unspecified atom stereocenters. The molecule has 0 spiro atoms. The lowest BCUT2D eigenvalue weighted by atomic mass is 10.1. The summed E-state index contributed by atoms with van der Waals surface area (Å²) in [5.74, 6) is 0.568. The molecular formula is C17H23N5O3. The molecule has 25 heavy (non-hydrogen) atoms. The van der Waals surface area contributed by atoms with Crippen molar-refractivity contribution in [3.8, 4) is 0 Å². The lowest BCUT2D eigenvalue weighted by Gasteiger charge is -2.34. The second-order valence-corrected chi connectivity index (χ2v) is 7.23. The number of nitrogens with zero attached hydrogens (tertiary/aromatic N) is 3. The maximum Gasteiger partial charge on any atom is 0.410 e. The number of ether oxygens (including phenoxy) is 1. The van der Waals surface area contributed by atoms with Gasteiger partial charge in [-0.3, -0.25) is 9.78 Å². The largest absolute Gasteiger partial charge is 0.444 e. The average molecular weight is 345 g/mol. The Morgan fingerprint density at radius 3 is 2.96 bits per heavy atom. The Balaban J connectivity index is 1.74. The lowest BCUT2D eigenvalue weighted by Crippen LogP contribution is -2.47. The zero-order valence-corrected chi connectivity index (χ0v) is 14.7. The number of fused-ring (bicyclic) bond motifs is 1. The van der Waals surface area contributed by atoms with E-state index in [2.05, 4.69) is 20.5 Å². The second kappa shape index (κ2) is 6.70. The normalized spacial score (nSPS) is 18.2. The maximum atomic E-state index is 12.3. The molecule has 1 amide bonds. The number of H-pyrrole nitrogens is 1. The zero-order chi connectivity index (χ0) is 18.0. The topological polar surface area (TPSA) is 100 Å². The molecule has 8 nitrogen and oxygen atoms in total. The molecule has 8 heteroatoms. The predicted molar refractivity (Wildman–Crippen MR) is 94.6 cm³/mol. The van der Waals surface area contributed by atoms with E-state index in [0.29, 0.717) is 29.7 Å². The smallest absolute Gasteiger partial charge is 0.410 e. The molecule has 3 heterocycles. The summed E-state index contributed by atoms with van der Waals surface area (Å²) in [7, 11) is 0. The minimum absolute atomic E-state index is 0.0306. The summed E-state index contributed by atoms with van der Waals surface area (Å²) in [6.07, 6.45) is 4.67. The predicted octanol–water partition coefficient (Wildman–Crippen LogP) is 2.13. The van der Waals surface area contributed by atoms with Gasteiger partial charge < -0.3 is 15.0 Å². The number of pyridine rings is 1. The second-order valence-electron chi connectivity index (χ2n) is 7.23. The number of piperidine rings is 1. The molecule has 0 aliphatic carbocycles. The number of amides is 1. The van der Waals surface area contributed by atoms with Crippen LogP contribution in [0.1, 0.15) is 33.6 Å². The first-order valence-electron chi connectivity index (χ1n) is 8.40. The molecule has 1 fully saturated rings. The number of aromatic nitrogens is 3. The van der Waals surface area contributed by atoms with Crippen LogP contribution in [0.4, 0.5) is 10.6 Å². The number of carbonyl (C=O) groups excluding carboxylic acids is 1. The summed E-state index contributed by atoms with van der Waals surface area (Å²) in [4.78, 5) is 29.9. The molecule has 2 aromatic rings. The fraction of sp³-hybridized carbons (Fsp3) is 0.529. The number of rotatable bonds is 2. The van der Waals surface area contributed by atoms with E-state index in [1.165, 1.54) is 0 Å². The average Bonchev–Trinajstić information content (AvgIpc) is 2.56. The molecular weight excluding hydrogens is 322 g/mol.